The molecule has 11 nitrogen and oxygen atoms in total. The summed E-state index contributed by atoms with van der Waals surface area (Å²) in [5, 5.41) is 47.5. The second-order valence-electron chi connectivity index (χ2n) is 10.1. The summed E-state index contributed by atoms with van der Waals surface area (Å²) in [6.07, 6.45) is -6.39. The molecule has 6 atom stereocenters. The molecule has 0 radical (unpaired) electrons. The summed E-state index contributed by atoms with van der Waals surface area (Å²) in [7, 11) is 0. The van der Waals surface area contributed by atoms with Gasteiger partial charge in [-0.05, 0) is 34.6 Å². The van der Waals surface area contributed by atoms with Crippen molar-refractivity contribution in [2.45, 2.75) is 69.4 Å². The van der Waals surface area contributed by atoms with Crippen LogP contribution in [0.15, 0.2) is 54.6 Å². The van der Waals surface area contributed by atoms with E-state index in [1.54, 1.807) is 11.8 Å². The zero-order chi connectivity index (χ0) is 30.7. The summed E-state index contributed by atoms with van der Waals surface area (Å²) < 4.78 is 11.3. The van der Waals surface area contributed by atoms with Gasteiger partial charge in [0.2, 0.25) is 11.8 Å². The van der Waals surface area contributed by atoms with Gasteiger partial charge in [0.1, 0.15) is 12.2 Å². The number of hydrogen-bond donors (Lipinski definition) is 6. The Bertz CT molecular complexity index is 1170. The Morgan fingerprint density at radius 1 is 1.10 bits per heavy atom. The van der Waals surface area contributed by atoms with Gasteiger partial charge in [0.25, 0.3) is 5.79 Å². The van der Waals surface area contributed by atoms with Gasteiger partial charge >= 0.3 is 5.97 Å². The molecule has 230 valence electrons. The lowest BCUT2D eigenvalue weighted by molar-refractivity contribution is -0.310. The van der Waals surface area contributed by atoms with Crippen LogP contribution in [-0.4, -0.2) is 99.1 Å². The number of carbonyl (C=O) groups is 3. The fourth-order valence-electron chi connectivity index (χ4n) is 4.74. The number of benzene rings is 2. The minimum Gasteiger partial charge on any atom is -0.477 e. The van der Waals surface area contributed by atoms with Gasteiger partial charge in [0, 0.05) is 19.9 Å². The van der Waals surface area contributed by atoms with Gasteiger partial charge in [-0.15, -0.1) is 0 Å². The maximum Gasteiger partial charge on any atom is 0.364 e. The van der Waals surface area contributed by atoms with Gasteiger partial charge in [-0.2, -0.15) is 11.8 Å². The van der Waals surface area contributed by atoms with Crippen molar-refractivity contribution in [3.8, 4) is 11.1 Å². The average molecular weight is 605 g/mol. The minimum absolute atomic E-state index is 0.0184. The van der Waals surface area contributed by atoms with Crippen LogP contribution in [-0.2, 0) is 30.3 Å². The van der Waals surface area contributed by atoms with Crippen LogP contribution in [0.5, 0.6) is 0 Å². The maximum absolute atomic E-state index is 12.6. The number of aliphatic hydroxyl groups excluding tert-OH is 3. The van der Waals surface area contributed by atoms with Crippen LogP contribution in [0.25, 0.3) is 11.1 Å². The summed E-state index contributed by atoms with van der Waals surface area (Å²) in [5.41, 5.74) is 2.79. The first-order chi connectivity index (χ1) is 20.1. The summed E-state index contributed by atoms with van der Waals surface area (Å²) in [6, 6.07) is 16.0. The monoisotopic (exact) mass is 604 g/mol. The number of carboxylic acid groups (broad SMARTS) is 1. The van der Waals surface area contributed by atoms with E-state index in [1.165, 1.54) is 6.92 Å². The molecule has 0 unspecified atom stereocenters. The van der Waals surface area contributed by atoms with E-state index in [4.69, 9.17) is 9.47 Å². The molecule has 1 fully saturated rings. The number of carbonyl (C=O) groups excluding carboxylic acids is 2. The highest BCUT2D eigenvalue weighted by Crippen LogP contribution is 2.34. The Balaban J connectivity index is 1.63. The molecule has 0 aromatic heterocycles. The molecule has 0 bridgehead atoms. The van der Waals surface area contributed by atoms with E-state index < -0.39 is 60.4 Å². The number of aliphatic carboxylic acids is 1. The predicted molar refractivity (Wildman–Crippen MR) is 158 cm³/mol. The number of aliphatic hydroxyl groups is 3. The Hall–Kier alpha value is -3.00. The molecule has 0 aliphatic carbocycles. The molecule has 0 spiro atoms. The van der Waals surface area contributed by atoms with Crippen molar-refractivity contribution in [1.29, 1.82) is 0 Å². The van der Waals surface area contributed by atoms with Gasteiger partial charge < -0.3 is 40.5 Å². The van der Waals surface area contributed by atoms with Crippen molar-refractivity contribution >= 4 is 29.5 Å². The zero-order valence-electron chi connectivity index (χ0n) is 23.8. The number of hydrogen-bond acceptors (Lipinski definition) is 9. The van der Waals surface area contributed by atoms with Crippen LogP contribution in [0.2, 0.25) is 0 Å². The third kappa shape index (κ3) is 9.25. The lowest BCUT2D eigenvalue weighted by atomic mass is 9.88. The third-order valence-corrected chi connectivity index (χ3v) is 7.89. The molecule has 1 saturated heterocycles. The lowest BCUT2D eigenvalue weighted by Gasteiger charge is -2.46. The van der Waals surface area contributed by atoms with Gasteiger partial charge in [-0.25, -0.2) is 4.79 Å². The minimum atomic E-state index is -2.30. The second kappa shape index (κ2) is 16.0. The van der Waals surface area contributed by atoms with Crippen molar-refractivity contribution in [3.05, 3.63) is 60.2 Å². The molecular formula is C30H40N2O9S. The Morgan fingerprint density at radius 3 is 2.38 bits per heavy atom. The molecule has 2 aromatic rings. The fraction of sp³-hybridized carbons (Fsp3) is 0.500. The number of thioether (sulfide) groups is 1. The molecule has 1 heterocycles. The van der Waals surface area contributed by atoms with E-state index in [2.05, 4.69) is 10.6 Å². The summed E-state index contributed by atoms with van der Waals surface area (Å²) >= 11 is 1.65. The van der Waals surface area contributed by atoms with Crippen LogP contribution < -0.4 is 10.6 Å². The van der Waals surface area contributed by atoms with Crippen LogP contribution >= 0.6 is 11.8 Å². The number of amides is 2. The van der Waals surface area contributed by atoms with Crippen molar-refractivity contribution in [2.75, 3.05) is 24.7 Å². The van der Waals surface area contributed by atoms with E-state index in [-0.39, 0.29) is 19.6 Å². The van der Waals surface area contributed by atoms with Crippen molar-refractivity contribution < 1.29 is 44.3 Å². The van der Waals surface area contributed by atoms with Gasteiger partial charge in [0.15, 0.2) is 0 Å². The molecule has 1 aliphatic heterocycles. The number of carboxylic acids is 1. The third-order valence-electron chi connectivity index (χ3n) is 6.91. The first-order valence-corrected chi connectivity index (χ1v) is 15.1. The fourth-order valence-corrected chi connectivity index (χ4v) is 5.35. The van der Waals surface area contributed by atoms with Gasteiger partial charge in [-0.3, -0.25) is 9.59 Å². The first kappa shape index (κ1) is 33.5. The van der Waals surface area contributed by atoms with E-state index in [9.17, 15) is 34.8 Å². The largest absolute Gasteiger partial charge is 0.477 e. The molecule has 6 N–H and O–H groups in total. The topological polar surface area (TPSA) is 175 Å². The second-order valence-corrected chi connectivity index (χ2v) is 11.5. The molecule has 42 heavy (non-hydrogen) atoms. The lowest BCUT2D eigenvalue weighted by Crippen LogP contribution is -2.68. The van der Waals surface area contributed by atoms with E-state index in [1.807, 2.05) is 61.5 Å². The molecular weight excluding hydrogens is 564 g/mol. The number of rotatable bonds is 15. The van der Waals surface area contributed by atoms with Crippen LogP contribution in [0.3, 0.4) is 0 Å². The summed E-state index contributed by atoms with van der Waals surface area (Å²) in [5.74, 6) is -3.16. The summed E-state index contributed by atoms with van der Waals surface area (Å²) in [4.78, 5) is 36.7. The van der Waals surface area contributed by atoms with E-state index in [0.717, 1.165) is 28.2 Å². The first-order valence-electron chi connectivity index (χ1n) is 13.9. The number of ether oxygens (including phenoxy) is 2. The smallest absolute Gasteiger partial charge is 0.364 e. The Morgan fingerprint density at radius 2 is 1.76 bits per heavy atom. The van der Waals surface area contributed by atoms with E-state index >= 15 is 0 Å². The number of nitrogens with one attached hydrogen (secondary N) is 2. The van der Waals surface area contributed by atoms with Gasteiger partial charge in [-0.1, -0.05) is 61.5 Å². The Labute approximate surface area is 249 Å². The van der Waals surface area contributed by atoms with Crippen LogP contribution in [0.4, 0.5) is 0 Å². The van der Waals surface area contributed by atoms with Crippen LogP contribution in [0.1, 0.15) is 32.3 Å². The van der Waals surface area contributed by atoms with Gasteiger partial charge in [0.05, 0.1) is 31.3 Å². The molecule has 3 rings (SSSR count). The zero-order valence-corrected chi connectivity index (χ0v) is 24.6. The standard InChI is InChI=1S/C30H40N2O9S/c1-3-42-15-7-14-40-30(29(38)39)17-23(34)26(32-19(2)33)28(41-30)27(37)24(35)18-31-25(36)16-20-10-12-22(13-11-20)21-8-5-4-6-9-21/h4-6,8-13,23-24,26-28,34-35,37H,3,7,14-18H2,1-2H3,(H,31,36)(H,32,33)(H,38,39)/t23-,24+,26+,27+,28+,30+/m0/s1. The van der Waals surface area contributed by atoms with E-state index in [0.29, 0.717) is 6.42 Å². The highest BCUT2D eigenvalue weighted by Gasteiger charge is 2.55. The summed E-state index contributed by atoms with van der Waals surface area (Å²) in [6.45, 7) is 2.82. The normalized spacial score (nSPS) is 23.5. The maximum atomic E-state index is 12.6. The molecule has 0 saturated carbocycles. The predicted octanol–water partition coefficient (Wildman–Crippen LogP) is 1.33. The Kier molecular flexibility index (Phi) is 12.8. The molecule has 2 amide bonds. The molecule has 12 heteroatoms. The highest BCUT2D eigenvalue weighted by atomic mass is 32.2. The molecule has 1 aliphatic rings. The highest BCUT2D eigenvalue weighted by molar-refractivity contribution is 7.99. The average Bonchev–Trinajstić information content (AvgIpc) is 2.97. The molecule has 2 aromatic carbocycles. The van der Waals surface area contributed by atoms with Crippen molar-refractivity contribution in [1.82, 2.24) is 10.6 Å². The van der Waals surface area contributed by atoms with Crippen LogP contribution in [0, 0.1) is 0 Å². The van der Waals surface area contributed by atoms with Crippen molar-refractivity contribution in [2.24, 2.45) is 0 Å². The SMILES string of the molecule is CCSCCCO[C@]1(C(=O)O)C[C@H](O)[C@@H](NC(C)=O)[C@H]([C@H](O)[C@H](O)CNC(=O)Cc2ccc(-c3ccccc3)cc2)O1. The van der Waals surface area contributed by atoms with Crippen molar-refractivity contribution in [3.63, 3.8) is 0 Å². The quantitative estimate of drug-likeness (QED) is 0.163.